The van der Waals surface area contributed by atoms with Crippen molar-refractivity contribution in [3.8, 4) is 0 Å². The number of nitrogens with one attached hydrogen (secondary N) is 3. The molecular weight excluding hydrogens is 260 g/mol. The van der Waals surface area contributed by atoms with Crippen LogP contribution in [0, 0.1) is 5.41 Å². The highest BCUT2D eigenvalue weighted by molar-refractivity contribution is 5.83. The fourth-order valence-corrected chi connectivity index (χ4v) is 1.72. The van der Waals surface area contributed by atoms with Crippen LogP contribution in [0.2, 0.25) is 0 Å². The molecule has 0 fully saturated rings. The maximum atomic E-state index is 11.7. The molecule has 112 valence electrons. The second-order valence-corrected chi connectivity index (χ2v) is 5.68. The number of rotatable bonds is 6. The zero-order chi connectivity index (χ0) is 15.2. The van der Waals surface area contributed by atoms with Crippen LogP contribution in [0.3, 0.4) is 0 Å². The average Bonchev–Trinajstić information content (AvgIpc) is 2.83. The summed E-state index contributed by atoms with van der Waals surface area (Å²) in [7, 11) is 0. The number of hydrogen-bond acceptors (Lipinski definition) is 3. The number of nitrogens with zero attached hydrogens (tertiary/aromatic N) is 1. The van der Waals surface area contributed by atoms with Crippen LogP contribution in [0.4, 0.5) is 4.79 Å². The lowest BCUT2D eigenvalue weighted by Gasteiger charge is -2.27. The van der Waals surface area contributed by atoms with Gasteiger partial charge in [0.1, 0.15) is 11.9 Å². The van der Waals surface area contributed by atoms with E-state index in [1.54, 1.807) is 33.2 Å². The van der Waals surface area contributed by atoms with E-state index in [9.17, 15) is 9.59 Å². The molecule has 1 unspecified atom stereocenters. The predicted molar refractivity (Wildman–Crippen MR) is 74.3 cm³/mol. The molecule has 1 aromatic heterocycles. The van der Waals surface area contributed by atoms with Crippen molar-refractivity contribution in [3.05, 3.63) is 18.2 Å². The van der Waals surface area contributed by atoms with Crippen molar-refractivity contribution in [1.82, 2.24) is 20.6 Å². The number of aromatic nitrogens is 2. The van der Waals surface area contributed by atoms with Gasteiger partial charge >= 0.3 is 12.0 Å². The summed E-state index contributed by atoms with van der Waals surface area (Å²) >= 11 is 0. The van der Waals surface area contributed by atoms with Gasteiger partial charge in [-0.25, -0.2) is 14.6 Å². The molecule has 0 aliphatic heterocycles. The van der Waals surface area contributed by atoms with Gasteiger partial charge < -0.3 is 20.7 Å². The molecule has 1 rings (SSSR count). The molecule has 0 radical (unpaired) electrons. The third kappa shape index (κ3) is 5.29. The molecule has 4 N–H and O–H groups in total. The molecule has 1 heterocycles. The number of imidazole rings is 1. The number of aryl methyl sites for hydroxylation is 1. The van der Waals surface area contributed by atoms with Gasteiger partial charge in [0.2, 0.25) is 0 Å². The maximum absolute atomic E-state index is 11.7. The fourth-order valence-electron chi connectivity index (χ4n) is 1.72. The van der Waals surface area contributed by atoms with E-state index in [1.165, 1.54) is 0 Å². The Kier molecular flexibility index (Phi) is 5.54. The molecular formula is C13H22N4O3. The van der Waals surface area contributed by atoms with Crippen molar-refractivity contribution < 1.29 is 14.7 Å². The number of aliphatic carboxylic acids is 1. The molecule has 0 aliphatic rings. The second kappa shape index (κ2) is 6.93. The minimum Gasteiger partial charge on any atom is -0.480 e. The number of carboxylic acids is 1. The Morgan fingerprint density at radius 3 is 2.65 bits per heavy atom. The van der Waals surface area contributed by atoms with Gasteiger partial charge in [0.15, 0.2) is 0 Å². The largest absolute Gasteiger partial charge is 0.480 e. The third-order valence-electron chi connectivity index (χ3n) is 2.82. The summed E-state index contributed by atoms with van der Waals surface area (Å²) < 4.78 is 0. The zero-order valence-electron chi connectivity index (χ0n) is 12.1. The lowest BCUT2D eigenvalue weighted by Crippen LogP contribution is -2.52. The number of H-pyrrole nitrogens is 1. The van der Waals surface area contributed by atoms with Crippen LogP contribution in [0.15, 0.2) is 12.4 Å². The van der Waals surface area contributed by atoms with Gasteiger partial charge in [-0.05, 0) is 11.8 Å². The Hall–Kier alpha value is -2.05. The number of amides is 2. The van der Waals surface area contributed by atoms with Crippen molar-refractivity contribution in [3.63, 3.8) is 0 Å². The zero-order valence-corrected chi connectivity index (χ0v) is 12.1. The SMILES string of the molecule is CC(C)(C)C(NC(=O)NCCCc1ncc[nH]1)C(=O)O. The summed E-state index contributed by atoms with van der Waals surface area (Å²) in [6, 6.07) is -1.39. The molecule has 2 amide bonds. The van der Waals surface area contributed by atoms with Crippen LogP contribution in [0.1, 0.15) is 33.0 Å². The first-order valence-corrected chi connectivity index (χ1v) is 6.56. The van der Waals surface area contributed by atoms with Crippen LogP contribution in [-0.4, -0.2) is 39.7 Å². The maximum Gasteiger partial charge on any atom is 0.326 e. The highest BCUT2D eigenvalue weighted by Crippen LogP contribution is 2.19. The van der Waals surface area contributed by atoms with Gasteiger partial charge in [-0.1, -0.05) is 20.8 Å². The molecule has 0 spiro atoms. The van der Waals surface area contributed by atoms with Crippen LogP contribution in [0.25, 0.3) is 0 Å². The first-order valence-electron chi connectivity index (χ1n) is 6.56. The smallest absolute Gasteiger partial charge is 0.326 e. The number of hydrogen-bond donors (Lipinski definition) is 4. The molecule has 7 nitrogen and oxygen atoms in total. The highest BCUT2D eigenvalue weighted by atomic mass is 16.4. The molecule has 0 aromatic carbocycles. The Labute approximate surface area is 118 Å². The Balaban J connectivity index is 2.30. The van der Waals surface area contributed by atoms with Crippen molar-refractivity contribution >= 4 is 12.0 Å². The van der Waals surface area contributed by atoms with E-state index in [1.807, 2.05) is 0 Å². The highest BCUT2D eigenvalue weighted by Gasteiger charge is 2.32. The van der Waals surface area contributed by atoms with Crippen LogP contribution in [-0.2, 0) is 11.2 Å². The molecule has 7 heteroatoms. The topological polar surface area (TPSA) is 107 Å². The Bertz CT molecular complexity index is 437. The fraction of sp³-hybridized carbons (Fsp3) is 0.615. The molecule has 0 bridgehead atoms. The normalized spacial score (nSPS) is 12.8. The number of carbonyl (C=O) groups is 2. The minimum absolute atomic E-state index is 0.461. The molecule has 1 atom stereocenters. The second-order valence-electron chi connectivity index (χ2n) is 5.68. The summed E-state index contributed by atoms with van der Waals surface area (Å²) in [6.45, 7) is 5.76. The van der Waals surface area contributed by atoms with E-state index in [0.717, 1.165) is 18.7 Å². The summed E-state index contributed by atoms with van der Waals surface area (Å²) in [5.41, 5.74) is -0.544. The van der Waals surface area contributed by atoms with Crippen LogP contribution < -0.4 is 10.6 Å². The Morgan fingerprint density at radius 2 is 2.15 bits per heavy atom. The monoisotopic (exact) mass is 282 g/mol. The quantitative estimate of drug-likeness (QED) is 0.587. The van der Waals surface area contributed by atoms with Gasteiger partial charge in [-0.3, -0.25) is 0 Å². The number of carbonyl (C=O) groups excluding carboxylic acids is 1. The lowest BCUT2D eigenvalue weighted by atomic mass is 9.87. The lowest BCUT2D eigenvalue weighted by molar-refractivity contribution is -0.141. The van der Waals surface area contributed by atoms with E-state index in [4.69, 9.17) is 5.11 Å². The number of carboxylic acid groups (broad SMARTS) is 1. The minimum atomic E-state index is -1.04. The van der Waals surface area contributed by atoms with Crippen molar-refractivity contribution in [1.29, 1.82) is 0 Å². The summed E-state index contributed by atoms with van der Waals surface area (Å²) in [5.74, 6) is -0.173. The summed E-state index contributed by atoms with van der Waals surface area (Å²) in [4.78, 5) is 29.8. The van der Waals surface area contributed by atoms with E-state index in [-0.39, 0.29) is 0 Å². The number of urea groups is 1. The van der Waals surface area contributed by atoms with Gasteiger partial charge in [-0.15, -0.1) is 0 Å². The summed E-state index contributed by atoms with van der Waals surface area (Å²) in [6.07, 6.45) is 4.88. The first-order chi connectivity index (χ1) is 9.30. The van der Waals surface area contributed by atoms with E-state index in [2.05, 4.69) is 20.6 Å². The third-order valence-corrected chi connectivity index (χ3v) is 2.82. The van der Waals surface area contributed by atoms with Crippen molar-refractivity contribution in [2.24, 2.45) is 5.41 Å². The van der Waals surface area contributed by atoms with Crippen LogP contribution in [0.5, 0.6) is 0 Å². The standard InChI is InChI=1S/C13H22N4O3/c1-13(2,3)10(11(18)19)17-12(20)16-6-4-5-9-14-7-8-15-9/h7-8,10H,4-6H2,1-3H3,(H,14,15)(H,18,19)(H2,16,17,20). The van der Waals surface area contributed by atoms with E-state index >= 15 is 0 Å². The van der Waals surface area contributed by atoms with Gasteiger partial charge in [0, 0.05) is 25.4 Å². The van der Waals surface area contributed by atoms with Crippen molar-refractivity contribution in [2.45, 2.75) is 39.7 Å². The van der Waals surface area contributed by atoms with Gasteiger partial charge in [0.25, 0.3) is 0 Å². The van der Waals surface area contributed by atoms with Crippen molar-refractivity contribution in [2.75, 3.05) is 6.54 Å². The average molecular weight is 282 g/mol. The molecule has 20 heavy (non-hydrogen) atoms. The van der Waals surface area contributed by atoms with E-state index in [0.29, 0.717) is 6.54 Å². The Morgan fingerprint density at radius 1 is 1.45 bits per heavy atom. The molecule has 0 aliphatic carbocycles. The van der Waals surface area contributed by atoms with Crippen LogP contribution >= 0.6 is 0 Å². The summed E-state index contributed by atoms with van der Waals surface area (Å²) in [5, 5.41) is 14.2. The first kappa shape index (κ1) is 16.0. The predicted octanol–water partition coefficient (Wildman–Crippen LogP) is 1.14. The molecule has 0 saturated heterocycles. The molecule has 0 saturated carbocycles. The van der Waals surface area contributed by atoms with Gasteiger partial charge in [0.05, 0.1) is 0 Å². The molecule has 1 aromatic rings. The number of aromatic amines is 1. The van der Waals surface area contributed by atoms with E-state index < -0.39 is 23.5 Å². The van der Waals surface area contributed by atoms with Gasteiger partial charge in [-0.2, -0.15) is 0 Å².